The summed E-state index contributed by atoms with van der Waals surface area (Å²) in [5, 5.41) is 7.19. The van der Waals surface area contributed by atoms with Crippen molar-refractivity contribution in [2.24, 2.45) is 0 Å². The summed E-state index contributed by atoms with van der Waals surface area (Å²) in [6.45, 7) is 4.65. The zero-order chi connectivity index (χ0) is 13.1. The number of benzene rings is 1. The topological polar surface area (TPSA) is 46.5 Å². The molecule has 19 heavy (non-hydrogen) atoms. The zero-order valence-electron chi connectivity index (χ0n) is 10.6. The Balaban J connectivity index is 1.79. The van der Waals surface area contributed by atoms with Gasteiger partial charge in [0.15, 0.2) is 0 Å². The molecule has 4 nitrogen and oxygen atoms in total. The largest absolute Gasteiger partial charge is 0.332 e. The van der Waals surface area contributed by atoms with E-state index in [1.807, 2.05) is 36.8 Å². The van der Waals surface area contributed by atoms with Crippen LogP contribution >= 0.6 is 0 Å². The maximum atomic E-state index is 4.39. The molecule has 3 rings (SSSR count). The van der Waals surface area contributed by atoms with Crippen LogP contribution in [0.15, 0.2) is 48.9 Å². The standard InChI is InChI=1S/C15H15N4/c1-2-13-8-14(18-17-13)15-10-19(11-16-15)9-12-6-4-3-5-7-12/h3-8,10-11H,1-2,9H2,(H,17,18). The molecule has 0 unspecified atom stereocenters. The average molecular weight is 251 g/mol. The molecule has 4 heteroatoms. The van der Waals surface area contributed by atoms with Crippen molar-refractivity contribution < 1.29 is 0 Å². The van der Waals surface area contributed by atoms with Gasteiger partial charge in [-0.3, -0.25) is 5.10 Å². The number of hydrogen-bond acceptors (Lipinski definition) is 2. The number of aromatic nitrogens is 4. The second-order valence-corrected chi connectivity index (χ2v) is 4.45. The van der Waals surface area contributed by atoms with Gasteiger partial charge >= 0.3 is 0 Å². The fourth-order valence-electron chi connectivity index (χ4n) is 1.99. The molecule has 0 bridgehead atoms. The van der Waals surface area contributed by atoms with Crippen molar-refractivity contribution in [2.75, 3.05) is 0 Å². The summed E-state index contributed by atoms with van der Waals surface area (Å²) in [6.07, 6.45) is 4.55. The highest BCUT2D eigenvalue weighted by atomic mass is 15.1. The van der Waals surface area contributed by atoms with Gasteiger partial charge in [0.05, 0.1) is 6.33 Å². The quantitative estimate of drug-likeness (QED) is 0.775. The number of imidazole rings is 1. The molecule has 0 fully saturated rings. The fourth-order valence-corrected chi connectivity index (χ4v) is 1.99. The summed E-state index contributed by atoms with van der Waals surface area (Å²) in [6, 6.07) is 12.3. The molecule has 0 aliphatic carbocycles. The van der Waals surface area contributed by atoms with E-state index in [9.17, 15) is 0 Å². The first kappa shape index (κ1) is 11.7. The predicted molar refractivity (Wildman–Crippen MR) is 74.4 cm³/mol. The third kappa shape index (κ3) is 2.57. The van der Waals surface area contributed by atoms with Gasteiger partial charge in [-0.05, 0) is 25.0 Å². The lowest BCUT2D eigenvalue weighted by atomic mass is 10.2. The van der Waals surface area contributed by atoms with Crippen LogP contribution in [0.5, 0.6) is 0 Å². The molecule has 3 aromatic rings. The highest BCUT2D eigenvalue weighted by molar-refractivity contribution is 5.53. The zero-order valence-corrected chi connectivity index (χ0v) is 10.6. The van der Waals surface area contributed by atoms with E-state index in [0.29, 0.717) is 6.42 Å². The highest BCUT2D eigenvalue weighted by Crippen LogP contribution is 2.16. The molecule has 0 saturated carbocycles. The van der Waals surface area contributed by atoms with Crippen LogP contribution in [0, 0.1) is 6.92 Å². The van der Waals surface area contributed by atoms with Crippen LogP contribution in [0.25, 0.3) is 11.4 Å². The molecule has 0 amide bonds. The second kappa shape index (κ2) is 5.10. The number of nitrogens with one attached hydrogen (secondary N) is 1. The van der Waals surface area contributed by atoms with E-state index in [2.05, 4.69) is 38.8 Å². The van der Waals surface area contributed by atoms with Crippen molar-refractivity contribution in [2.45, 2.75) is 13.0 Å². The van der Waals surface area contributed by atoms with Gasteiger partial charge in [-0.1, -0.05) is 30.3 Å². The van der Waals surface area contributed by atoms with Crippen LogP contribution in [0.2, 0.25) is 0 Å². The van der Waals surface area contributed by atoms with E-state index in [1.54, 1.807) is 0 Å². The van der Waals surface area contributed by atoms with Crippen molar-refractivity contribution in [3.8, 4) is 11.4 Å². The van der Waals surface area contributed by atoms with Gasteiger partial charge in [0, 0.05) is 18.4 Å². The molecule has 2 aromatic heterocycles. The van der Waals surface area contributed by atoms with Gasteiger partial charge in [0.1, 0.15) is 11.4 Å². The van der Waals surface area contributed by atoms with Gasteiger partial charge in [-0.25, -0.2) is 4.98 Å². The van der Waals surface area contributed by atoms with E-state index in [0.717, 1.165) is 23.6 Å². The number of rotatable bonds is 4. The summed E-state index contributed by atoms with van der Waals surface area (Å²) in [5.41, 5.74) is 4.02. The normalized spacial score (nSPS) is 10.8. The molecular weight excluding hydrogens is 236 g/mol. The van der Waals surface area contributed by atoms with Crippen molar-refractivity contribution in [3.63, 3.8) is 0 Å². The smallest absolute Gasteiger partial charge is 0.112 e. The fraction of sp³-hybridized carbons (Fsp3) is 0.133. The third-order valence-electron chi connectivity index (χ3n) is 3.00. The number of aromatic amines is 1. The van der Waals surface area contributed by atoms with Crippen LogP contribution in [0.1, 0.15) is 11.3 Å². The SMILES string of the molecule is [CH2]Cc1cc(-c2cn(Cc3ccccc3)cn2)n[nH]1. The number of H-pyrrole nitrogens is 1. The third-order valence-corrected chi connectivity index (χ3v) is 3.00. The minimum atomic E-state index is 0.706. The average Bonchev–Trinajstić information content (AvgIpc) is 3.08. The summed E-state index contributed by atoms with van der Waals surface area (Å²) >= 11 is 0. The maximum Gasteiger partial charge on any atom is 0.112 e. The number of nitrogens with zero attached hydrogens (tertiary/aromatic N) is 3. The van der Waals surface area contributed by atoms with Gasteiger partial charge in [-0.15, -0.1) is 0 Å². The highest BCUT2D eigenvalue weighted by Gasteiger charge is 2.06. The van der Waals surface area contributed by atoms with Gasteiger partial charge in [-0.2, -0.15) is 5.10 Å². The van der Waals surface area contributed by atoms with E-state index in [-0.39, 0.29) is 0 Å². The molecule has 0 atom stereocenters. The minimum Gasteiger partial charge on any atom is -0.332 e. The van der Waals surface area contributed by atoms with Crippen LogP contribution < -0.4 is 0 Å². The van der Waals surface area contributed by atoms with Crippen molar-refractivity contribution >= 4 is 0 Å². The molecule has 95 valence electrons. The van der Waals surface area contributed by atoms with Crippen LogP contribution in [-0.4, -0.2) is 19.7 Å². The Morgan fingerprint density at radius 2 is 2.00 bits per heavy atom. The lowest BCUT2D eigenvalue weighted by Gasteiger charge is -2.00. The van der Waals surface area contributed by atoms with E-state index in [1.165, 1.54) is 5.56 Å². The van der Waals surface area contributed by atoms with Crippen molar-refractivity contribution in [1.29, 1.82) is 0 Å². The van der Waals surface area contributed by atoms with Gasteiger partial charge in [0.25, 0.3) is 0 Å². The summed E-state index contributed by atoms with van der Waals surface area (Å²) in [7, 11) is 0. The van der Waals surface area contributed by atoms with E-state index in [4.69, 9.17) is 0 Å². The molecule has 1 N–H and O–H groups in total. The molecule has 0 spiro atoms. The van der Waals surface area contributed by atoms with Gasteiger partial charge in [0.2, 0.25) is 0 Å². The van der Waals surface area contributed by atoms with E-state index >= 15 is 0 Å². The van der Waals surface area contributed by atoms with Crippen molar-refractivity contribution in [3.05, 3.63) is 67.1 Å². The van der Waals surface area contributed by atoms with Gasteiger partial charge < -0.3 is 4.57 Å². The molecular formula is C15H15N4. The molecule has 1 aromatic carbocycles. The van der Waals surface area contributed by atoms with E-state index < -0.39 is 0 Å². The second-order valence-electron chi connectivity index (χ2n) is 4.45. The Bertz CT molecular complexity index is 652. The lowest BCUT2D eigenvalue weighted by Crippen LogP contribution is -1.95. The van der Waals surface area contributed by atoms with Crippen LogP contribution in [0.3, 0.4) is 0 Å². The molecule has 2 heterocycles. The molecule has 0 saturated heterocycles. The number of hydrogen-bond donors (Lipinski definition) is 1. The van der Waals surface area contributed by atoms with Crippen LogP contribution in [0.4, 0.5) is 0 Å². The minimum absolute atomic E-state index is 0.706. The Hall–Kier alpha value is -2.36. The first-order valence-corrected chi connectivity index (χ1v) is 6.25. The van der Waals surface area contributed by atoms with Crippen molar-refractivity contribution in [1.82, 2.24) is 19.7 Å². The molecule has 0 aliphatic heterocycles. The first-order valence-electron chi connectivity index (χ1n) is 6.25. The van der Waals surface area contributed by atoms with Crippen LogP contribution in [-0.2, 0) is 13.0 Å². The monoisotopic (exact) mass is 251 g/mol. The summed E-state index contributed by atoms with van der Waals surface area (Å²) < 4.78 is 2.06. The summed E-state index contributed by atoms with van der Waals surface area (Å²) in [4.78, 5) is 4.39. The Morgan fingerprint density at radius 3 is 2.74 bits per heavy atom. The maximum absolute atomic E-state index is 4.39. The summed E-state index contributed by atoms with van der Waals surface area (Å²) in [5.74, 6) is 0. The Labute approximate surface area is 112 Å². The molecule has 1 radical (unpaired) electrons. The Kier molecular flexibility index (Phi) is 3.14. The molecule has 0 aliphatic rings. The first-order chi connectivity index (χ1) is 9.35. The predicted octanol–water partition coefficient (Wildman–Crippen LogP) is 2.70. The Morgan fingerprint density at radius 1 is 1.16 bits per heavy atom. The lowest BCUT2D eigenvalue weighted by molar-refractivity contribution is 0.797.